The molecule has 0 aromatic heterocycles. The van der Waals surface area contributed by atoms with Crippen molar-refractivity contribution in [3.63, 3.8) is 0 Å². The molecule has 37 heavy (non-hydrogen) atoms. The van der Waals surface area contributed by atoms with Gasteiger partial charge in [-0.25, -0.2) is 0 Å². The second-order valence-electron chi connectivity index (χ2n) is 7.44. The maximum Gasteiger partial charge on any atom is 3.00 e. The third kappa shape index (κ3) is 19.2. The van der Waals surface area contributed by atoms with E-state index in [1.165, 1.54) is 0 Å². The molecule has 0 aromatic rings. The number of nitrogens with one attached hydrogen (secondary N) is 3. The van der Waals surface area contributed by atoms with E-state index in [-0.39, 0.29) is 17.4 Å². The number of hydrogen-bond acceptors (Lipinski definition) is 18. The molecule has 0 aliphatic rings. The molecule has 0 atom stereocenters. The van der Waals surface area contributed by atoms with E-state index in [9.17, 15) is 29.7 Å². The van der Waals surface area contributed by atoms with E-state index in [2.05, 4.69) is 16.0 Å². The fraction of sp³-hybridized carbons (Fsp3) is 0.833. The van der Waals surface area contributed by atoms with Gasteiger partial charge in [-0.2, -0.15) is 0 Å². The Bertz CT molecular complexity index is 497. The number of aliphatic hydroxyl groups is 9. The quantitative estimate of drug-likeness (QED) is 0.0690. The summed E-state index contributed by atoms with van der Waals surface area (Å²) in [6, 6.07) is 0. The summed E-state index contributed by atoms with van der Waals surface area (Å²) in [4.78, 5) is 29.9. The van der Waals surface area contributed by atoms with Gasteiger partial charge in [-0.15, -0.1) is 0 Å². The second-order valence-corrected chi connectivity index (χ2v) is 7.44. The zero-order valence-corrected chi connectivity index (χ0v) is 21.2. The maximum absolute atomic E-state index is 9.98. The van der Waals surface area contributed by atoms with E-state index >= 15 is 0 Å². The van der Waals surface area contributed by atoms with E-state index in [1.54, 1.807) is 0 Å². The Morgan fingerprint density at radius 1 is 0.432 bits per heavy atom. The monoisotopic (exact) mass is 561 g/mol. The number of carboxylic acids is 3. The van der Waals surface area contributed by atoms with Gasteiger partial charge in [0.1, 0.15) is 0 Å². The predicted octanol–water partition coefficient (Wildman–Crippen LogP) is -12.3. The fourth-order valence-corrected chi connectivity index (χ4v) is 1.73. The van der Waals surface area contributed by atoms with Crippen LogP contribution in [0.2, 0.25) is 0 Å². The second kappa shape index (κ2) is 23.6. The van der Waals surface area contributed by atoms with Gasteiger partial charge in [0.25, 0.3) is 0 Å². The van der Waals surface area contributed by atoms with Crippen LogP contribution in [0.25, 0.3) is 0 Å². The summed E-state index contributed by atoms with van der Waals surface area (Å²) < 4.78 is 0. The van der Waals surface area contributed by atoms with Crippen LogP contribution in [0.5, 0.6) is 0 Å². The topological polar surface area (TPSA) is 339 Å². The first-order chi connectivity index (χ1) is 16.8. The minimum absolute atomic E-state index is 0. The van der Waals surface area contributed by atoms with Gasteiger partial charge >= 0.3 is 17.4 Å². The summed E-state index contributed by atoms with van der Waals surface area (Å²) in [5.74, 6) is -4.10. The molecule has 0 aromatic carbocycles. The summed E-state index contributed by atoms with van der Waals surface area (Å²) in [5.41, 5.74) is -4.04. The normalized spacial score (nSPS) is 11.3. The molecule has 0 saturated heterocycles. The van der Waals surface area contributed by atoms with Crippen LogP contribution in [-0.2, 0) is 14.4 Å². The molecular formula is C18H36AlN3O15. The number of rotatable bonds is 18. The average Bonchev–Trinajstić information content (AvgIpc) is 2.88. The molecule has 0 spiro atoms. The first kappa shape index (κ1) is 42.5. The number of carboxylic acid groups (broad SMARTS) is 3. The fourth-order valence-electron chi connectivity index (χ4n) is 1.73. The molecule has 0 aliphatic heterocycles. The zero-order valence-electron chi connectivity index (χ0n) is 20.0. The van der Waals surface area contributed by atoms with Crippen molar-refractivity contribution >= 4 is 35.3 Å². The molecule has 0 heterocycles. The predicted molar refractivity (Wildman–Crippen MR) is 117 cm³/mol. The molecule has 216 valence electrons. The molecule has 0 rings (SSSR count). The molecule has 19 heteroatoms. The smallest absolute Gasteiger partial charge is 0.549 e. The van der Waals surface area contributed by atoms with Crippen molar-refractivity contribution in [3.05, 3.63) is 0 Å². The van der Waals surface area contributed by atoms with Gasteiger partial charge in [-0.05, 0) is 0 Å². The first-order valence-electron chi connectivity index (χ1n) is 10.1. The number of aliphatic carboxylic acids is 3. The van der Waals surface area contributed by atoms with Crippen LogP contribution in [0.15, 0.2) is 0 Å². The minimum Gasteiger partial charge on any atom is -0.549 e. The Hall–Kier alpha value is -1.54. The van der Waals surface area contributed by atoms with Gasteiger partial charge in [-0.3, -0.25) is 0 Å². The number of carbonyl (C=O) groups is 3. The van der Waals surface area contributed by atoms with Crippen LogP contribution in [0.4, 0.5) is 0 Å². The van der Waals surface area contributed by atoms with Crippen LogP contribution in [0, 0.1) is 0 Å². The molecule has 0 fully saturated rings. The van der Waals surface area contributed by atoms with Crippen molar-refractivity contribution in [1.29, 1.82) is 0 Å². The Morgan fingerprint density at radius 3 is 0.649 bits per heavy atom. The Morgan fingerprint density at radius 2 is 0.568 bits per heavy atom. The number of aliphatic hydroxyl groups excluding tert-OH is 9. The zero-order chi connectivity index (χ0) is 28.8. The molecule has 0 amide bonds. The van der Waals surface area contributed by atoms with Gasteiger partial charge in [0.2, 0.25) is 0 Å². The van der Waals surface area contributed by atoms with Crippen molar-refractivity contribution < 1.29 is 75.7 Å². The minimum atomic E-state index is -1.37. The van der Waals surface area contributed by atoms with Crippen molar-refractivity contribution in [2.75, 3.05) is 79.1 Å². The van der Waals surface area contributed by atoms with Crippen LogP contribution < -0.4 is 31.3 Å². The molecule has 0 radical (unpaired) electrons. The van der Waals surface area contributed by atoms with Gasteiger partial charge in [0.05, 0.1) is 94.0 Å². The van der Waals surface area contributed by atoms with Crippen molar-refractivity contribution in [2.24, 2.45) is 0 Å². The van der Waals surface area contributed by atoms with Gasteiger partial charge < -0.3 is 91.6 Å². The Kier molecular flexibility index (Phi) is 27.1. The molecule has 18 nitrogen and oxygen atoms in total. The maximum atomic E-state index is 9.98. The van der Waals surface area contributed by atoms with E-state index in [4.69, 9.17) is 46.0 Å². The standard InChI is InChI=1S/3C6H13NO5.Al/c3*8-2-6(3-9,4-10)7-1-5(11)12;/h3*7-10H,1-4H2,(H,11,12);/q;;;+3/p-3. The molecule has 0 saturated carbocycles. The summed E-state index contributed by atoms with van der Waals surface area (Å²) in [7, 11) is 0. The summed E-state index contributed by atoms with van der Waals surface area (Å²) >= 11 is 0. The van der Waals surface area contributed by atoms with Crippen LogP contribution in [-0.4, -0.2) is 177 Å². The molecule has 0 bridgehead atoms. The third-order valence-corrected chi connectivity index (χ3v) is 4.55. The molecule has 0 unspecified atom stereocenters. The number of carbonyl (C=O) groups excluding carboxylic acids is 3. The number of hydrogen-bond donors (Lipinski definition) is 12. The summed E-state index contributed by atoms with van der Waals surface area (Å²) in [5, 5.41) is 115. The summed E-state index contributed by atoms with van der Waals surface area (Å²) in [6.07, 6.45) is 0. The molecular weight excluding hydrogens is 525 g/mol. The van der Waals surface area contributed by atoms with Crippen molar-refractivity contribution in [2.45, 2.75) is 16.6 Å². The van der Waals surface area contributed by atoms with E-state index < -0.39 is 114 Å². The molecule has 0 aliphatic carbocycles. The van der Waals surface area contributed by atoms with Gasteiger partial charge in [-0.1, -0.05) is 0 Å². The van der Waals surface area contributed by atoms with Gasteiger partial charge in [0, 0.05) is 19.6 Å². The Labute approximate surface area is 222 Å². The largest absolute Gasteiger partial charge is 3.00 e. The SMILES string of the molecule is O=C([O-])CNC(CO)(CO)CO.O=C([O-])CNC(CO)(CO)CO.O=C([O-])CNC(CO)(CO)CO.[Al+3]. The van der Waals surface area contributed by atoms with E-state index in [0.717, 1.165) is 0 Å². The Balaban J connectivity index is -0.000000218. The van der Waals surface area contributed by atoms with Crippen LogP contribution in [0.1, 0.15) is 0 Å². The van der Waals surface area contributed by atoms with Gasteiger partial charge in [0.15, 0.2) is 0 Å². The van der Waals surface area contributed by atoms with Crippen molar-refractivity contribution in [1.82, 2.24) is 16.0 Å². The average molecular weight is 561 g/mol. The first-order valence-corrected chi connectivity index (χ1v) is 10.1. The van der Waals surface area contributed by atoms with Crippen molar-refractivity contribution in [3.8, 4) is 0 Å². The summed E-state index contributed by atoms with van der Waals surface area (Å²) in [6.45, 7) is -6.51. The van der Waals surface area contributed by atoms with E-state index in [1.807, 2.05) is 0 Å². The van der Waals surface area contributed by atoms with E-state index in [0.29, 0.717) is 0 Å². The van der Waals surface area contributed by atoms with Crippen LogP contribution in [0.3, 0.4) is 0 Å². The third-order valence-electron chi connectivity index (χ3n) is 4.55. The van der Waals surface area contributed by atoms with Crippen LogP contribution >= 0.6 is 0 Å². The molecule has 12 N–H and O–H groups in total.